The quantitative estimate of drug-likeness (QED) is 0.792. The number of ether oxygens (including phenoxy) is 2. The van der Waals surface area contributed by atoms with Crippen LogP contribution >= 0.6 is 11.6 Å². The number of nitrogens with zero attached hydrogens (tertiary/aromatic N) is 2. The molecule has 0 radical (unpaired) electrons. The molecule has 0 spiro atoms. The van der Waals surface area contributed by atoms with Crippen LogP contribution in [0, 0.1) is 0 Å². The third-order valence-corrected chi connectivity index (χ3v) is 4.27. The molecule has 0 aliphatic carbocycles. The molecule has 1 aliphatic rings. The third-order valence-electron chi connectivity index (χ3n) is 4.03. The largest absolute Gasteiger partial charge is 0.455 e. The minimum Gasteiger partial charge on any atom is -0.455 e. The van der Waals surface area contributed by atoms with Gasteiger partial charge in [0, 0.05) is 10.4 Å². The Labute approximate surface area is 137 Å². The summed E-state index contributed by atoms with van der Waals surface area (Å²) < 4.78 is 18.2. The Morgan fingerprint density at radius 3 is 3.04 bits per heavy atom. The van der Waals surface area contributed by atoms with Crippen molar-refractivity contribution in [2.24, 2.45) is 0 Å². The number of halogens is 1. The molecule has 120 valence electrons. The Morgan fingerprint density at radius 1 is 1.39 bits per heavy atom. The van der Waals surface area contributed by atoms with Crippen LogP contribution in [0.3, 0.4) is 0 Å². The summed E-state index contributed by atoms with van der Waals surface area (Å²) in [5, 5.41) is 8.31. The average Bonchev–Trinajstić information content (AvgIpc) is 3.26. The SMILES string of the molecule is CC[C@H]1CO[C@](Cc2ncn[nH]2)(c2cc3cc(Cl)ccc3o2)O1. The van der Waals surface area contributed by atoms with Crippen LogP contribution < -0.4 is 0 Å². The Kier molecular flexibility index (Phi) is 3.60. The molecular formula is C16H16ClN3O3. The lowest BCUT2D eigenvalue weighted by Crippen LogP contribution is -2.31. The summed E-state index contributed by atoms with van der Waals surface area (Å²) in [6, 6.07) is 7.41. The van der Waals surface area contributed by atoms with Crippen molar-refractivity contribution in [3.63, 3.8) is 0 Å². The maximum Gasteiger partial charge on any atom is 0.236 e. The van der Waals surface area contributed by atoms with Gasteiger partial charge in [-0.25, -0.2) is 4.98 Å². The van der Waals surface area contributed by atoms with Gasteiger partial charge in [0.2, 0.25) is 5.79 Å². The molecule has 0 unspecified atom stereocenters. The highest BCUT2D eigenvalue weighted by Gasteiger charge is 2.46. The second-order valence-corrected chi connectivity index (χ2v) is 6.05. The number of aromatic amines is 1. The molecule has 1 aliphatic heterocycles. The van der Waals surface area contributed by atoms with Crippen molar-refractivity contribution >= 4 is 22.6 Å². The van der Waals surface area contributed by atoms with Crippen molar-refractivity contribution in [2.75, 3.05) is 6.61 Å². The van der Waals surface area contributed by atoms with E-state index >= 15 is 0 Å². The van der Waals surface area contributed by atoms with E-state index in [1.165, 1.54) is 6.33 Å². The zero-order valence-electron chi connectivity index (χ0n) is 12.6. The standard InChI is InChI=1S/C16H16ClN3O3/c1-2-12-8-21-16(23-12,7-15-18-9-19-20-15)14-6-10-5-11(17)3-4-13(10)22-14/h3-6,9,12H,2,7-8H2,1H3,(H,18,19,20)/t12-,16-/m0/s1. The molecule has 2 atom stereocenters. The summed E-state index contributed by atoms with van der Waals surface area (Å²) in [5.74, 6) is 0.300. The number of benzene rings is 1. The molecule has 0 bridgehead atoms. The lowest BCUT2D eigenvalue weighted by Gasteiger charge is -2.24. The highest BCUT2D eigenvalue weighted by molar-refractivity contribution is 6.31. The van der Waals surface area contributed by atoms with Gasteiger partial charge in [0.15, 0.2) is 5.76 Å². The monoisotopic (exact) mass is 333 g/mol. The van der Waals surface area contributed by atoms with E-state index in [1.54, 1.807) is 6.07 Å². The van der Waals surface area contributed by atoms with E-state index in [-0.39, 0.29) is 6.10 Å². The van der Waals surface area contributed by atoms with Gasteiger partial charge < -0.3 is 13.9 Å². The summed E-state index contributed by atoms with van der Waals surface area (Å²) >= 11 is 6.06. The van der Waals surface area contributed by atoms with Gasteiger partial charge >= 0.3 is 0 Å². The second-order valence-electron chi connectivity index (χ2n) is 5.61. The van der Waals surface area contributed by atoms with Gasteiger partial charge in [-0.3, -0.25) is 5.10 Å². The summed E-state index contributed by atoms with van der Waals surface area (Å²) in [7, 11) is 0. The molecular weight excluding hydrogens is 318 g/mol. The maximum atomic E-state index is 6.18. The molecule has 6 nitrogen and oxygen atoms in total. The van der Waals surface area contributed by atoms with E-state index < -0.39 is 5.79 Å². The first-order chi connectivity index (χ1) is 11.2. The van der Waals surface area contributed by atoms with E-state index in [0.717, 1.165) is 17.4 Å². The van der Waals surface area contributed by atoms with Gasteiger partial charge in [-0.1, -0.05) is 18.5 Å². The van der Waals surface area contributed by atoms with Gasteiger partial charge in [0.25, 0.3) is 0 Å². The lowest BCUT2D eigenvalue weighted by atomic mass is 10.1. The summed E-state index contributed by atoms with van der Waals surface area (Å²) in [4.78, 5) is 4.18. The Hall–Kier alpha value is -1.89. The number of hydrogen-bond donors (Lipinski definition) is 1. The van der Waals surface area contributed by atoms with Crippen LogP contribution in [0.1, 0.15) is 24.9 Å². The van der Waals surface area contributed by atoms with Gasteiger partial charge in [0.1, 0.15) is 17.7 Å². The highest BCUT2D eigenvalue weighted by Crippen LogP contribution is 2.40. The first-order valence-electron chi connectivity index (χ1n) is 7.54. The Balaban J connectivity index is 1.77. The van der Waals surface area contributed by atoms with Crippen molar-refractivity contribution in [2.45, 2.75) is 31.7 Å². The van der Waals surface area contributed by atoms with Crippen molar-refractivity contribution in [3.05, 3.63) is 47.2 Å². The van der Waals surface area contributed by atoms with Crippen molar-refractivity contribution in [1.82, 2.24) is 15.2 Å². The molecule has 4 rings (SSSR count). The zero-order valence-corrected chi connectivity index (χ0v) is 13.3. The van der Waals surface area contributed by atoms with Gasteiger partial charge in [-0.2, -0.15) is 5.10 Å². The van der Waals surface area contributed by atoms with Crippen LogP contribution in [0.25, 0.3) is 11.0 Å². The number of furan rings is 1. The molecule has 2 aromatic heterocycles. The fourth-order valence-electron chi connectivity index (χ4n) is 2.81. The molecule has 3 aromatic rings. The van der Waals surface area contributed by atoms with Crippen LogP contribution in [0.15, 0.2) is 35.0 Å². The second kappa shape index (κ2) is 5.63. The van der Waals surface area contributed by atoms with Gasteiger partial charge in [-0.15, -0.1) is 0 Å². The summed E-state index contributed by atoms with van der Waals surface area (Å²) in [6.45, 7) is 2.58. The zero-order chi connectivity index (χ0) is 15.9. The fraction of sp³-hybridized carbons (Fsp3) is 0.375. The number of rotatable bonds is 4. The van der Waals surface area contributed by atoms with Crippen LogP contribution in [-0.2, 0) is 21.7 Å². The lowest BCUT2D eigenvalue weighted by molar-refractivity contribution is -0.188. The van der Waals surface area contributed by atoms with Crippen molar-refractivity contribution < 1.29 is 13.9 Å². The molecule has 0 amide bonds. The number of aromatic nitrogens is 3. The molecule has 7 heteroatoms. The molecule has 3 heterocycles. The highest BCUT2D eigenvalue weighted by atomic mass is 35.5. The number of fused-ring (bicyclic) bond motifs is 1. The molecule has 1 N–H and O–H groups in total. The van der Waals surface area contributed by atoms with Crippen LogP contribution in [0.5, 0.6) is 0 Å². The van der Waals surface area contributed by atoms with E-state index in [2.05, 4.69) is 22.1 Å². The van der Waals surface area contributed by atoms with Gasteiger partial charge in [-0.05, 0) is 30.7 Å². The predicted molar refractivity (Wildman–Crippen MR) is 84.1 cm³/mol. The molecule has 1 fully saturated rings. The Morgan fingerprint density at radius 2 is 2.30 bits per heavy atom. The molecule has 23 heavy (non-hydrogen) atoms. The van der Waals surface area contributed by atoms with Crippen LogP contribution in [0.2, 0.25) is 5.02 Å². The Bertz CT molecular complexity index is 817. The van der Waals surface area contributed by atoms with Crippen molar-refractivity contribution in [3.8, 4) is 0 Å². The first kappa shape index (κ1) is 14.7. The van der Waals surface area contributed by atoms with E-state index in [4.69, 9.17) is 25.5 Å². The summed E-state index contributed by atoms with van der Waals surface area (Å²) in [6.07, 6.45) is 2.75. The maximum absolute atomic E-state index is 6.18. The van der Waals surface area contributed by atoms with E-state index in [9.17, 15) is 0 Å². The molecule has 1 saturated heterocycles. The minimum absolute atomic E-state index is 0.0229. The van der Waals surface area contributed by atoms with E-state index in [1.807, 2.05) is 18.2 Å². The number of hydrogen-bond acceptors (Lipinski definition) is 5. The summed E-state index contributed by atoms with van der Waals surface area (Å²) in [5.41, 5.74) is 0.744. The predicted octanol–water partition coefficient (Wildman–Crippen LogP) is 3.43. The third kappa shape index (κ3) is 2.63. The molecule has 0 saturated carbocycles. The van der Waals surface area contributed by atoms with Crippen molar-refractivity contribution in [1.29, 1.82) is 0 Å². The normalized spacial score (nSPS) is 24.5. The van der Waals surface area contributed by atoms with Crippen LogP contribution in [0.4, 0.5) is 0 Å². The minimum atomic E-state index is -0.994. The number of H-pyrrole nitrogens is 1. The fourth-order valence-corrected chi connectivity index (χ4v) is 2.99. The number of nitrogens with one attached hydrogen (secondary N) is 1. The van der Waals surface area contributed by atoms with Crippen LogP contribution in [-0.4, -0.2) is 27.9 Å². The van der Waals surface area contributed by atoms with Gasteiger partial charge in [0.05, 0.1) is 19.1 Å². The molecule has 1 aromatic carbocycles. The smallest absolute Gasteiger partial charge is 0.236 e. The van der Waals surface area contributed by atoms with E-state index in [0.29, 0.717) is 29.6 Å². The average molecular weight is 334 g/mol. The topological polar surface area (TPSA) is 73.2 Å². The first-order valence-corrected chi connectivity index (χ1v) is 7.92.